The van der Waals surface area contributed by atoms with Gasteiger partial charge in [0, 0.05) is 24.7 Å². The minimum atomic E-state index is -0.0989. The summed E-state index contributed by atoms with van der Waals surface area (Å²) in [5, 5.41) is 8.59. The Balaban J connectivity index is 1.29. The van der Waals surface area contributed by atoms with Gasteiger partial charge in [-0.1, -0.05) is 70.3 Å². The van der Waals surface area contributed by atoms with Crippen molar-refractivity contribution < 1.29 is 9.59 Å². The van der Waals surface area contributed by atoms with Gasteiger partial charge in [-0.15, -0.1) is 0 Å². The molecule has 4 aliphatic rings. The minimum Gasteiger partial charge on any atom is -0.299 e. The average molecular weight is 464 g/mol. The summed E-state index contributed by atoms with van der Waals surface area (Å²) in [6, 6.07) is 2.23. The highest BCUT2D eigenvalue weighted by Gasteiger charge is 2.55. The third kappa shape index (κ3) is 5.58. The van der Waals surface area contributed by atoms with Crippen LogP contribution in [0.15, 0.2) is 22.8 Å². The number of hydrogen-bond donors (Lipinski definition) is 0. The molecule has 4 rings (SSSR count). The van der Waals surface area contributed by atoms with Crippen molar-refractivity contribution in [3.8, 4) is 6.07 Å². The summed E-state index contributed by atoms with van der Waals surface area (Å²) < 4.78 is 0. The fraction of sp³-hybridized carbons (Fsp3) is 0.774. The van der Waals surface area contributed by atoms with E-state index in [9.17, 15) is 9.59 Å². The van der Waals surface area contributed by atoms with E-state index in [1.54, 1.807) is 5.57 Å². The molecule has 0 aromatic carbocycles. The van der Waals surface area contributed by atoms with Crippen LogP contribution < -0.4 is 0 Å². The van der Waals surface area contributed by atoms with E-state index in [0.29, 0.717) is 42.2 Å². The zero-order chi connectivity index (χ0) is 24.0. The second kappa shape index (κ2) is 11.8. The smallest absolute Gasteiger partial charge is 0.156 e. The molecule has 34 heavy (non-hydrogen) atoms. The fourth-order valence-corrected chi connectivity index (χ4v) is 7.87. The first-order valence-electron chi connectivity index (χ1n) is 14.4. The Morgan fingerprint density at radius 2 is 1.56 bits per heavy atom. The molecule has 0 heterocycles. The number of carbonyl (C=O) groups excluding carboxylic acids is 2. The third-order valence-corrected chi connectivity index (χ3v) is 9.64. The number of ketones is 2. The number of fused-ring (bicyclic) bond motifs is 4. The van der Waals surface area contributed by atoms with Crippen LogP contribution in [0.1, 0.15) is 129 Å². The van der Waals surface area contributed by atoms with E-state index >= 15 is 0 Å². The summed E-state index contributed by atoms with van der Waals surface area (Å²) in [4.78, 5) is 25.0. The van der Waals surface area contributed by atoms with E-state index in [4.69, 9.17) is 5.26 Å². The van der Waals surface area contributed by atoms with Gasteiger partial charge < -0.3 is 0 Å². The molecule has 0 amide bonds. The molecular formula is C31H45NO2. The van der Waals surface area contributed by atoms with Gasteiger partial charge in [0.15, 0.2) is 5.78 Å². The summed E-state index contributed by atoms with van der Waals surface area (Å²) in [7, 11) is 0. The van der Waals surface area contributed by atoms with E-state index in [1.807, 2.05) is 6.08 Å². The highest BCUT2D eigenvalue weighted by Crippen LogP contribution is 2.61. The van der Waals surface area contributed by atoms with Crippen LogP contribution in [0.4, 0.5) is 0 Å². The lowest BCUT2D eigenvalue weighted by molar-refractivity contribution is -0.129. The van der Waals surface area contributed by atoms with Crippen molar-refractivity contribution in [2.24, 2.45) is 23.2 Å². The molecule has 3 heteroatoms. The first kappa shape index (κ1) is 25.4. The number of hydrogen-bond acceptors (Lipinski definition) is 3. The maximum absolute atomic E-state index is 13.0. The molecule has 0 radical (unpaired) electrons. The molecule has 2 saturated carbocycles. The van der Waals surface area contributed by atoms with Crippen LogP contribution in [-0.2, 0) is 9.59 Å². The fourth-order valence-electron chi connectivity index (χ4n) is 7.87. The van der Waals surface area contributed by atoms with Gasteiger partial charge in [-0.25, -0.2) is 0 Å². The number of unbranched alkanes of at least 4 members (excludes halogenated alkanes) is 10. The Bertz CT molecular complexity index is 859. The van der Waals surface area contributed by atoms with E-state index in [1.165, 1.54) is 75.4 Å². The molecule has 0 spiro atoms. The van der Waals surface area contributed by atoms with E-state index < -0.39 is 0 Å². The Kier molecular flexibility index (Phi) is 8.84. The number of Topliss-reactive ketones (excluding diaryl/α,β-unsaturated/α-hetero) is 1. The molecule has 4 atom stereocenters. The number of allylic oxidation sites excluding steroid dienone is 4. The van der Waals surface area contributed by atoms with Gasteiger partial charge in [0.2, 0.25) is 0 Å². The Labute approximate surface area is 207 Å². The van der Waals surface area contributed by atoms with Gasteiger partial charge in [0.05, 0.1) is 6.07 Å². The predicted molar refractivity (Wildman–Crippen MR) is 137 cm³/mol. The first-order valence-corrected chi connectivity index (χ1v) is 14.4. The second-order valence-electron chi connectivity index (χ2n) is 11.8. The van der Waals surface area contributed by atoms with Crippen LogP contribution in [0.2, 0.25) is 0 Å². The standard InChI is InChI=1S/C31H45NO2/c1-31-22-24(13-11-9-7-5-3-2-4-6-8-10-12-20-32)30-26-17-15-25(33)21-23(26)14-16-27(30)28(31)18-19-29(31)34/h21,24,27-28H,2-19,22H2,1H3/t24-,27-,28-,31-/m0/s1. The van der Waals surface area contributed by atoms with Crippen molar-refractivity contribution in [1.82, 2.24) is 0 Å². The van der Waals surface area contributed by atoms with Gasteiger partial charge in [0.1, 0.15) is 5.78 Å². The zero-order valence-corrected chi connectivity index (χ0v) is 21.5. The van der Waals surface area contributed by atoms with Gasteiger partial charge in [-0.3, -0.25) is 9.59 Å². The Hall–Kier alpha value is -1.69. The molecule has 0 bridgehead atoms. The summed E-state index contributed by atoms with van der Waals surface area (Å²) >= 11 is 0. The number of nitriles is 1. The Morgan fingerprint density at radius 1 is 0.882 bits per heavy atom. The highest BCUT2D eigenvalue weighted by molar-refractivity contribution is 5.93. The summed E-state index contributed by atoms with van der Waals surface area (Å²) in [6.07, 6.45) is 23.4. The van der Waals surface area contributed by atoms with Crippen molar-refractivity contribution >= 4 is 11.6 Å². The summed E-state index contributed by atoms with van der Waals surface area (Å²) in [5.41, 5.74) is 4.47. The number of carbonyl (C=O) groups is 2. The molecule has 186 valence electrons. The maximum Gasteiger partial charge on any atom is 0.156 e. The van der Waals surface area contributed by atoms with Gasteiger partial charge >= 0.3 is 0 Å². The molecule has 0 aromatic heterocycles. The van der Waals surface area contributed by atoms with Crippen LogP contribution in [0.25, 0.3) is 0 Å². The van der Waals surface area contributed by atoms with Crippen molar-refractivity contribution in [2.75, 3.05) is 0 Å². The molecular weight excluding hydrogens is 418 g/mol. The molecule has 0 saturated heterocycles. The largest absolute Gasteiger partial charge is 0.299 e. The normalized spacial score (nSPS) is 30.5. The summed E-state index contributed by atoms with van der Waals surface area (Å²) in [5.74, 6) is 2.52. The lowest BCUT2D eigenvalue weighted by Gasteiger charge is -2.50. The zero-order valence-electron chi connectivity index (χ0n) is 21.5. The van der Waals surface area contributed by atoms with Crippen LogP contribution in [0.3, 0.4) is 0 Å². The Morgan fingerprint density at radius 3 is 2.26 bits per heavy atom. The van der Waals surface area contributed by atoms with E-state index in [2.05, 4.69) is 13.0 Å². The van der Waals surface area contributed by atoms with E-state index in [0.717, 1.165) is 44.9 Å². The quantitative estimate of drug-likeness (QED) is 0.274. The highest BCUT2D eigenvalue weighted by atomic mass is 16.1. The van der Waals surface area contributed by atoms with Crippen LogP contribution >= 0.6 is 0 Å². The monoisotopic (exact) mass is 463 g/mol. The van der Waals surface area contributed by atoms with Crippen molar-refractivity contribution in [2.45, 2.75) is 129 Å². The molecule has 0 N–H and O–H groups in total. The third-order valence-electron chi connectivity index (χ3n) is 9.64. The van der Waals surface area contributed by atoms with Crippen molar-refractivity contribution in [1.29, 1.82) is 5.26 Å². The van der Waals surface area contributed by atoms with Crippen molar-refractivity contribution in [3.63, 3.8) is 0 Å². The first-order chi connectivity index (χ1) is 16.5. The topological polar surface area (TPSA) is 57.9 Å². The predicted octanol–water partition coefficient (Wildman–Crippen LogP) is 8.19. The maximum atomic E-state index is 13.0. The molecule has 2 fully saturated rings. The van der Waals surface area contributed by atoms with Crippen molar-refractivity contribution in [3.05, 3.63) is 22.8 Å². The molecule has 3 nitrogen and oxygen atoms in total. The average Bonchev–Trinajstić information content (AvgIpc) is 3.13. The van der Waals surface area contributed by atoms with Crippen LogP contribution in [-0.4, -0.2) is 11.6 Å². The van der Waals surface area contributed by atoms with Crippen LogP contribution in [0, 0.1) is 34.5 Å². The molecule has 4 aliphatic carbocycles. The SMILES string of the molecule is C[C@]12C[C@H](CCCCCCCCCCCCC#N)C3=C4CCC(=O)C=C4CC[C@H]3[C@@H]1CCC2=O. The van der Waals surface area contributed by atoms with Crippen LogP contribution in [0.5, 0.6) is 0 Å². The lowest BCUT2D eigenvalue weighted by Crippen LogP contribution is -2.44. The molecule has 0 aliphatic heterocycles. The summed E-state index contributed by atoms with van der Waals surface area (Å²) in [6.45, 7) is 2.29. The van der Waals surface area contributed by atoms with Gasteiger partial charge in [-0.05, 0) is 79.9 Å². The van der Waals surface area contributed by atoms with Gasteiger partial charge in [-0.2, -0.15) is 5.26 Å². The molecule has 0 unspecified atom stereocenters. The van der Waals surface area contributed by atoms with E-state index in [-0.39, 0.29) is 5.41 Å². The van der Waals surface area contributed by atoms with Gasteiger partial charge in [0.25, 0.3) is 0 Å². The second-order valence-corrected chi connectivity index (χ2v) is 11.8. The minimum absolute atomic E-state index is 0.0989. The lowest BCUT2D eigenvalue weighted by atomic mass is 9.53. The number of rotatable bonds is 12. The number of nitrogens with zero attached hydrogens (tertiary/aromatic N) is 1. The molecule has 0 aromatic rings.